The minimum Gasteiger partial charge on any atom is -0.317 e. The Morgan fingerprint density at radius 1 is 1.29 bits per heavy atom. The molecule has 0 atom stereocenters. The minimum absolute atomic E-state index is 0.724. The van der Waals surface area contributed by atoms with Gasteiger partial charge in [-0.2, -0.15) is 0 Å². The van der Waals surface area contributed by atoms with Crippen LogP contribution in [0.2, 0.25) is 0 Å². The second-order valence-corrected chi connectivity index (χ2v) is 3.94. The van der Waals surface area contributed by atoms with Crippen molar-refractivity contribution in [1.29, 1.82) is 0 Å². The maximum atomic E-state index is 4.26. The fraction of sp³-hybridized carbons (Fsp3) is 0.417. The molecule has 5 heteroatoms. The van der Waals surface area contributed by atoms with E-state index < -0.39 is 0 Å². The lowest BCUT2D eigenvalue weighted by Crippen LogP contribution is -2.16. The zero-order chi connectivity index (χ0) is 12.1. The lowest BCUT2D eigenvalue weighted by atomic mass is 10.2. The van der Waals surface area contributed by atoms with Gasteiger partial charge in [0.25, 0.3) is 0 Å². The molecule has 2 aromatic rings. The zero-order valence-corrected chi connectivity index (χ0v) is 10.2. The normalized spacial score (nSPS) is 10.7. The van der Waals surface area contributed by atoms with Crippen molar-refractivity contribution in [2.75, 3.05) is 0 Å². The van der Waals surface area contributed by atoms with Crippen molar-refractivity contribution >= 4 is 0 Å². The molecule has 2 rings (SSSR count). The molecule has 0 aromatic carbocycles. The molecule has 0 spiro atoms. The number of aryl methyl sites for hydroxylation is 2. The first kappa shape index (κ1) is 11.7. The first-order valence-corrected chi connectivity index (χ1v) is 5.78. The summed E-state index contributed by atoms with van der Waals surface area (Å²) >= 11 is 0. The molecular formula is C12H17N5. The third-order valence-corrected chi connectivity index (χ3v) is 2.62. The van der Waals surface area contributed by atoms with Gasteiger partial charge in [-0.3, -0.25) is 4.98 Å². The van der Waals surface area contributed by atoms with E-state index in [1.165, 1.54) is 5.56 Å². The van der Waals surface area contributed by atoms with Crippen molar-refractivity contribution in [1.82, 2.24) is 25.1 Å². The Labute approximate surface area is 101 Å². The SMILES string of the molecule is CCn1cnnc1CNCc1ccc(C)nc1. The third-order valence-electron chi connectivity index (χ3n) is 2.62. The molecule has 0 amide bonds. The zero-order valence-electron chi connectivity index (χ0n) is 10.2. The monoisotopic (exact) mass is 231 g/mol. The second kappa shape index (κ2) is 5.54. The van der Waals surface area contributed by atoms with E-state index in [1.54, 1.807) is 6.33 Å². The summed E-state index contributed by atoms with van der Waals surface area (Å²) in [5, 5.41) is 11.3. The van der Waals surface area contributed by atoms with Crippen LogP contribution in [0.25, 0.3) is 0 Å². The minimum atomic E-state index is 0.724. The van der Waals surface area contributed by atoms with Crippen LogP contribution in [0.3, 0.4) is 0 Å². The average molecular weight is 231 g/mol. The standard InChI is InChI=1S/C12H17N5/c1-3-17-9-15-16-12(17)8-13-6-11-5-4-10(2)14-7-11/h4-5,7,9,13H,3,6,8H2,1-2H3. The highest BCUT2D eigenvalue weighted by atomic mass is 15.3. The number of hydrogen-bond donors (Lipinski definition) is 1. The number of pyridine rings is 1. The van der Waals surface area contributed by atoms with E-state index in [4.69, 9.17) is 0 Å². The highest BCUT2D eigenvalue weighted by Gasteiger charge is 2.01. The molecule has 0 saturated heterocycles. The van der Waals surface area contributed by atoms with Crippen LogP contribution < -0.4 is 5.32 Å². The van der Waals surface area contributed by atoms with Gasteiger partial charge in [-0.1, -0.05) is 6.07 Å². The van der Waals surface area contributed by atoms with Crippen LogP contribution in [0.15, 0.2) is 24.7 Å². The van der Waals surface area contributed by atoms with Gasteiger partial charge in [-0.05, 0) is 25.5 Å². The molecule has 0 fully saturated rings. The first-order valence-electron chi connectivity index (χ1n) is 5.78. The Balaban J connectivity index is 1.85. The predicted molar refractivity (Wildman–Crippen MR) is 65.2 cm³/mol. The van der Waals surface area contributed by atoms with Crippen LogP contribution in [-0.4, -0.2) is 19.7 Å². The van der Waals surface area contributed by atoms with E-state index in [1.807, 2.05) is 23.8 Å². The fourth-order valence-corrected chi connectivity index (χ4v) is 1.60. The Bertz CT molecular complexity index is 460. The van der Waals surface area contributed by atoms with Crippen LogP contribution >= 0.6 is 0 Å². The molecule has 2 aromatic heterocycles. The molecule has 2 heterocycles. The topological polar surface area (TPSA) is 55.6 Å². The van der Waals surface area contributed by atoms with Gasteiger partial charge in [-0.25, -0.2) is 0 Å². The maximum Gasteiger partial charge on any atom is 0.146 e. The fourth-order valence-electron chi connectivity index (χ4n) is 1.60. The lowest BCUT2D eigenvalue weighted by Gasteiger charge is -2.05. The van der Waals surface area contributed by atoms with Crippen molar-refractivity contribution in [3.05, 3.63) is 41.7 Å². The maximum absolute atomic E-state index is 4.26. The number of hydrogen-bond acceptors (Lipinski definition) is 4. The Morgan fingerprint density at radius 2 is 2.18 bits per heavy atom. The van der Waals surface area contributed by atoms with E-state index in [2.05, 4.69) is 33.5 Å². The molecular weight excluding hydrogens is 214 g/mol. The van der Waals surface area contributed by atoms with Crippen LogP contribution in [-0.2, 0) is 19.6 Å². The van der Waals surface area contributed by atoms with E-state index in [9.17, 15) is 0 Å². The van der Waals surface area contributed by atoms with Crippen LogP contribution in [0.4, 0.5) is 0 Å². The van der Waals surface area contributed by atoms with Crippen molar-refractivity contribution in [3.63, 3.8) is 0 Å². The van der Waals surface area contributed by atoms with E-state index in [0.29, 0.717) is 0 Å². The smallest absolute Gasteiger partial charge is 0.146 e. The number of rotatable bonds is 5. The average Bonchev–Trinajstić information content (AvgIpc) is 2.79. The third kappa shape index (κ3) is 3.10. The molecule has 0 unspecified atom stereocenters. The summed E-state index contributed by atoms with van der Waals surface area (Å²) < 4.78 is 2.03. The molecule has 1 N–H and O–H groups in total. The summed E-state index contributed by atoms with van der Waals surface area (Å²) in [6.07, 6.45) is 3.65. The summed E-state index contributed by atoms with van der Waals surface area (Å²) in [6, 6.07) is 4.10. The van der Waals surface area contributed by atoms with Crippen LogP contribution in [0.5, 0.6) is 0 Å². The van der Waals surface area contributed by atoms with E-state index in [0.717, 1.165) is 31.2 Å². The van der Waals surface area contributed by atoms with Crippen LogP contribution in [0, 0.1) is 6.92 Å². The molecule has 90 valence electrons. The summed E-state index contributed by atoms with van der Waals surface area (Å²) in [7, 11) is 0. The molecule has 0 aliphatic rings. The first-order chi connectivity index (χ1) is 8.29. The molecule has 0 aliphatic carbocycles. The van der Waals surface area contributed by atoms with Crippen molar-refractivity contribution in [3.8, 4) is 0 Å². The second-order valence-electron chi connectivity index (χ2n) is 3.94. The van der Waals surface area contributed by atoms with Gasteiger partial charge in [0, 0.05) is 25.0 Å². The molecule has 0 bridgehead atoms. The lowest BCUT2D eigenvalue weighted by molar-refractivity contribution is 0.611. The van der Waals surface area contributed by atoms with Crippen molar-refractivity contribution in [2.45, 2.75) is 33.5 Å². The van der Waals surface area contributed by atoms with Crippen molar-refractivity contribution < 1.29 is 0 Å². The van der Waals surface area contributed by atoms with E-state index in [-0.39, 0.29) is 0 Å². The van der Waals surface area contributed by atoms with Gasteiger partial charge < -0.3 is 9.88 Å². The van der Waals surface area contributed by atoms with Gasteiger partial charge in [0.1, 0.15) is 12.2 Å². The highest BCUT2D eigenvalue weighted by molar-refractivity contribution is 5.12. The van der Waals surface area contributed by atoms with Gasteiger partial charge in [-0.15, -0.1) is 10.2 Å². The predicted octanol–water partition coefficient (Wildman–Crippen LogP) is 1.29. The number of nitrogens with one attached hydrogen (secondary N) is 1. The largest absolute Gasteiger partial charge is 0.317 e. The Morgan fingerprint density at radius 3 is 2.88 bits per heavy atom. The number of nitrogens with zero attached hydrogens (tertiary/aromatic N) is 4. The van der Waals surface area contributed by atoms with Crippen molar-refractivity contribution in [2.24, 2.45) is 0 Å². The summed E-state index contributed by atoms with van der Waals surface area (Å²) in [5.74, 6) is 0.965. The summed E-state index contributed by atoms with van der Waals surface area (Å²) in [5.41, 5.74) is 2.22. The quantitative estimate of drug-likeness (QED) is 0.842. The van der Waals surface area contributed by atoms with Gasteiger partial charge >= 0.3 is 0 Å². The van der Waals surface area contributed by atoms with Crippen LogP contribution in [0.1, 0.15) is 24.0 Å². The summed E-state index contributed by atoms with van der Waals surface area (Å²) in [4.78, 5) is 4.26. The Hall–Kier alpha value is -1.75. The van der Waals surface area contributed by atoms with E-state index >= 15 is 0 Å². The summed E-state index contributed by atoms with van der Waals surface area (Å²) in [6.45, 7) is 6.49. The molecule has 0 radical (unpaired) electrons. The molecule has 0 aliphatic heterocycles. The van der Waals surface area contributed by atoms with Gasteiger partial charge in [0.05, 0.1) is 6.54 Å². The van der Waals surface area contributed by atoms with Gasteiger partial charge in [0.2, 0.25) is 0 Å². The van der Waals surface area contributed by atoms with Gasteiger partial charge in [0.15, 0.2) is 0 Å². The molecule has 5 nitrogen and oxygen atoms in total. The molecule has 17 heavy (non-hydrogen) atoms. The number of aromatic nitrogens is 4. The Kier molecular flexibility index (Phi) is 3.82. The molecule has 0 saturated carbocycles. The highest BCUT2D eigenvalue weighted by Crippen LogP contribution is 2.00.